The van der Waals surface area contributed by atoms with Crippen molar-refractivity contribution in [2.75, 3.05) is 5.32 Å². The zero-order valence-electron chi connectivity index (χ0n) is 10.3. The number of amides is 1. The van der Waals surface area contributed by atoms with E-state index in [0.717, 1.165) is 17.7 Å². The fourth-order valence-electron chi connectivity index (χ4n) is 1.66. The number of halogens is 1. The van der Waals surface area contributed by atoms with Crippen molar-refractivity contribution in [1.29, 1.82) is 0 Å². The Hall–Kier alpha value is -2.76. The molecule has 0 aliphatic carbocycles. The minimum absolute atomic E-state index is 0.107. The Balaban J connectivity index is 2.05. The van der Waals surface area contributed by atoms with E-state index in [4.69, 9.17) is 5.11 Å². The van der Waals surface area contributed by atoms with Gasteiger partial charge in [-0.1, -0.05) is 6.07 Å². The lowest BCUT2D eigenvalue weighted by molar-refractivity contribution is -0.115. The Morgan fingerprint density at radius 2 is 2.10 bits per heavy atom. The first-order chi connectivity index (χ1) is 9.56. The van der Waals surface area contributed by atoms with Crippen LogP contribution in [0.5, 0.6) is 0 Å². The highest BCUT2D eigenvalue weighted by Gasteiger charge is 2.11. The number of carbonyl (C=O) groups is 2. The van der Waals surface area contributed by atoms with E-state index in [0.29, 0.717) is 0 Å². The fourth-order valence-corrected chi connectivity index (χ4v) is 1.66. The lowest BCUT2D eigenvalue weighted by Crippen LogP contribution is -2.15. The van der Waals surface area contributed by atoms with Gasteiger partial charge in [0.1, 0.15) is 5.82 Å². The number of aromatic carboxylic acids is 1. The zero-order chi connectivity index (χ0) is 14.5. The van der Waals surface area contributed by atoms with Gasteiger partial charge < -0.3 is 10.4 Å². The minimum Gasteiger partial charge on any atom is -0.478 e. The van der Waals surface area contributed by atoms with Crippen molar-refractivity contribution in [3.8, 4) is 0 Å². The topological polar surface area (TPSA) is 79.3 Å². The Kier molecular flexibility index (Phi) is 4.05. The number of benzene rings is 1. The summed E-state index contributed by atoms with van der Waals surface area (Å²) in [6, 6.07) is 6.89. The first-order valence-corrected chi connectivity index (χ1v) is 5.78. The van der Waals surface area contributed by atoms with Crippen molar-refractivity contribution < 1.29 is 19.1 Å². The van der Waals surface area contributed by atoms with E-state index >= 15 is 0 Å². The Morgan fingerprint density at radius 1 is 1.30 bits per heavy atom. The third-order valence-electron chi connectivity index (χ3n) is 2.57. The van der Waals surface area contributed by atoms with Gasteiger partial charge in [0.15, 0.2) is 0 Å². The molecule has 2 N–H and O–H groups in total. The van der Waals surface area contributed by atoms with Crippen LogP contribution in [0.2, 0.25) is 0 Å². The van der Waals surface area contributed by atoms with Gasteiger partial charge in [-0.25, -0.2) is 9.18 Å². The summed E-state index contributed by atoms with van der Waals surface area (Å²) in [5, 5.41) is 11.2. The lowest BCUT2D eigenvalue weighted by atomic mass is 10.1. The molecule has 1 aromatic heterocycles. The summed E-state index contributed by atoms with van der Waals surface area (Å²) in [6.45, 7) is 0. The molecule has 0 aliphatic rings. The largest absolute Gasteiger partial charge is 0.478 e. The van der Waals surface area contributed by atoms with Gasteiger partial charge in [-0.05, 0) is 29.8 Å². The van der Waals surface area contributed by atoms with Crippen molar-refractivity contribution >= 4 is 17.6 Å². The number of hydrogen-bond acceptors (Lipinski definition) is 3. The van der Waals surface area contributed by atoms with Crippen molar-refractivity contribution in [2.24, 2.45) is 0 Å². The molecule has 1 heterocycles. The summed E-state index contributed by atoms with van der Waals surface area (Å²) in [5.41, 5.74) is 0.504. The van der Waals surface area contributed by atoms with Crippen LogP contribution in [0, 0.1) is 5.82 Å². The second-order valence-corrected chi connectivity index (χ2v) is 4.09. The lowest BCUT2D eigenvalue weighted by Gasteiger charge is -2.06. The Labute approximate surface area is 114 Å². The maximum Gasteiger partial charge on any atom is 0.338 e. The number of nitrogens with one attached hydrogen (secondary N) is 1. The number of pyridine rings is 1. The highest BCUT2D eigenvalue weighted by Crippen LogP contribution is 2.15. The Bertz CT molecular complexity index is 644. The van der Waals surface area contributed by atoms with Crippen LogP contribution in [-0.4, -0.2) is 22.0 Å². The molecule has 0 atom stereocenters. The molecule has 0 radical (unpaired) electrons. The molecule has 0 saturated carbocycles. The molecular weight excluding hydrogens is 263 g/mol. The van der Waals surface area contributed by atoms with Crippen molar-refractivity contribution in [3.05, 3.63) is 59.7 Å². The molecule has 0 spiro atoms. The summed E-state index contributed by atoms with van der Waals surface area (Å²) < 4.78 is 13.4. The van der Waals surface area contributed by atoms with E-state index in [1.807, 2.05) is 0 Å². The van der Waals surface area contributed by atoms with Crippen LogP contribution in [0.1, 0.15) is 15.9 Å². The van der Waals surface area contributed by atoms with Crippen molar-refractivity contribution in [1.82, 2.24) is 4.98 Å². The molecule has 1 amide bonds. The molecule has 102 valence electrons. The summed E-state index contributed by atoms with van der Waals surface area (Å²) in [5.74, 6) is -2.58. The summed E-state index contributed by atoms with van der Waals surface area (Å²) in [7, 11) is 0. The smallest absolute Gasteiger partial charge is 0.338 e. The summed E-state index contributed by atoms with van der Waals surface area (Å²) >= 11 is 0. The second kappa shape index (κ2) is 5.92. The van der Waals surface area contributed by atoms with E-state index in [2.05, 4.69) is 10.3 Å². The SMILES string of the molecule is O=C(Cc1cccnc1)Nc1ccc(C(=O)O)c(F)c1. The van der Waals surface area contributed by atoms with Gasteiger partial charge in [-0.15, -0.1) is 0 Å². The predicted molar refractivity (Wildman–Crippen MR) is 69.9 cm³/mol. The van der Waals surface area contributed by atoms with Gasteiger partial charge in [0, 0.05) is 18.1 Å². The first-order valence-electron chi connectivity index (χ1n) is 5.78. The number of hydrogen-bond donors (Lipinski definition) is 2. The van der Waals surface area contributed by atoms with Crippen LogP contribution in [0.25, 0.3) is 0 Å². The molecule has 0 bridgehead atoms. The van der Waals surface area contributed by atoms with Crippen LogP contribution < -0.4 is 5.32 Å². The van der Waals surface area contributed by atoms with Crippen LogP contribution in [0.4, 0.5) is 10.1 Å². The van der Waals surface area contributed by atoms with Gasteiger partial charge in [-0.3, -0.25) is 9.78 Å². The molecule has 0 saturated heterocycles. The molecule has 20 heavy (non-hydrogen) atoms. The molecule has 0 unspecified atom stereocenters. The van der Waals surface area contributed by atoms with E-state index in [1.165, 1.54) is 6.07 Å². The molecule has 0 aliphatic heterocycles. The number of carbonyl (C=O) groups excluding carboxylic acids is 1. The maximum absolute atomic E-state index is 13.4. The van der Waals surface area contributed by atoms with E-state index in [1.54, 1.807) is 24.5 Å². The third kappa shape index (κ3) is 3.38. The third-order valence-corrected chi connectivity index (χ3v) is 2.57. The normalized spacial score (nSPS) is 10.1. The minimum atomic E-state index is -1.35. The molecule has 2 aromatic rings. The van der Waals surface area contributed by atoms with Crippen molar-refractivity contribution in [3.63, 3.8) is 0 Å². The number of carboxylic acids is 1. The maximum atomic E-state index is 13.4. The molecular formula is C14H11FN2O3. The van der Waals surface area contributed by atoms with Crippen LogP contribution in [0.15, 0.2) is 42.7 Å². The first kappa shape index (κ1) is 13.7. The van der Waals surface area contributed by atoms with Crippen LogP contribution in [-0.2, 0) is 11.2 Å². The number of aromatic nitrogens is 1. The molecule has 1 aromatic carbocycles. The molecule has 0 fully saturated rings. The number of rotatable bonds is 4. The quantitative estimate of drug-likeness (QED) is 0.894. The van der Waals surface area contributed by atoms with Gasteiger partial charge >= 0.3 is 5.97 Å². The number of anilines is 1. The van der Waals surface area contributed by atoms with E-state index in [9.17, 15) is 14.0 Å². The van der Waals surface area contributed by atoms with E-state index < -0.39 is 17.3 Å². The average molecular weight is 274 g/mol. The predicted octanol–water partition coefficient (Wildman–Crippen LogP) is 2.10. The molecule has 5 nitrogen and oxygen atoms in total. The zero-order valence-corrected chi connectivity index (χ0v) is 10.3. The van der Waals surface area contributed by atoms with Gasteiger partial charge in [0.05, 0.1) is 12.0 Å². The van der Waals surface area contributed by atoms with Crippen LogP contribution in [0.3, 0.4) is 0 Å². The van der Waals surface area contributed by atoms with Gasteiger partial charge in [0.25, 0.3) is 0 Å². The molecule has 6 heteroatoms. The summed E-state index contributed by atoms with van der Waals surface area (Å²) in [4.78, 5) is 26.3. The second-order valence-electron chi connectivity index (χ2n) is 4.09. The average Bonchev–Trinajstić information content (AvgIpc) is 2.39. The molecule has 2 rings (SSSR count). The highest BCUT2D eigenvalue weighted by atomic mass is 19.1. The van der Waals surface area contributed by atoms with Crippen LogP contribution >= 0.6 is 0 Å². The standard InChI is InChI=1S/C14H11FN2O3/c15-12-7-10(3-4-11(12)14(19)20)17-13(18)6-9-2-1-5-16-8-9/h1-5,7-8H,6H2,(H,17,18)(H,19,20). The van der Waals surface area contributed by atoms with Crippen molar-refractivity contribution in [2.45, 2.75) is 6.42 Å². The van der Waals surface area contributed by atoms with E-state index in [-0.39, 0.29) is 18.0 Å². The number of nitrogens with zero attached hydrogens (tertiary/aromatic N) is 1. The van der Waals surface area contributed by atoms with Gasteiger partial charge in [-0.2, -0.15) is 0 Å². The fraction of sp³-hybridized carbons (Fsp3) is 0.0714. The number of carboxylic acid groups (broad SMARTS) is 1. The highest BCUT2D eigenvalue weighted by molar-refractivity contribution is 5.93. The Morgan fingerprint density at radius 3 is 2.70 bits per heavy atom. The van der Waals surface area contributed by atoms with Gasteiger partial charge in [0.2, 0.25) is 5.91 Å². The monoisotopic (exact) mass is 274 g/mol. The summed E-state index contributed by atoms with van der Waals surface area (Å²) in [6.07, 6.45) is 3.27.